The van der Waals surface area contributed by atoms with E-state index >= 15 is 0 Å². The van der Waals surface area contributed by atoms with E-state index in [1.165, 1.54) is 5.56 Å². The molecule has 120 valence electrons. The molecule has 0 aromatic heterocycles. The van der Waals surface area contributed by atoms with Gasteiger partial charge in [0, 0.05) is 5.92 Å². The van der Waals surface area contributed by atoms with Crippen molar-refractivity contribution in [2.45, 2.75) is 64.0 Å². The number of aryl methyl sites for hydroxylation is 1. The third kappa shape index (κ3) is 3.67. The number of fused-ring (bicyclic) bond motifs is 1. The summed E-state index contributed by atoms with van der Waals surface area (Å²) < 4.78 is 5.31. The number of rotatable bonds is 3. The summed E-state index contributed by atoms with van der Waals surface area (Å²) >= 11 is 0. The first-order chi connectivity index (χ1) is 10.2. The van der Waals surface area contributed by atoms with E-state index in [2.05, 4.69) is 17.4 Å². The van der Waals surface area contributed by atoms with Gasteiger partial charge in [-0.25, -0.2) is 4.79 Å². The minimum atomic E-state index is -0.959. The molecular weight excluding hydrogens is 278 g/mol. The van der Waals surface area contributed by atoms with E-state index in [-0.39, 0.29) is 5.92 Å². The van der Waals surface area contributed by atoms with Gasteiger partial charge in [0.25, 0.3) is 0 Å². The first-order valence-electron chi connectivity index (χ1n) is 7.80. The van der Waals surface area contributed by atoms with Gasteiger partial charge >= 0.3 is 6.09 Å². The molecule has 22 heavy (non-hydrogen) atoms. The van der Waals surface area contributed by atoms with E-state index in [0.29, 0.717) is 0 Å². The number of benzene rings is 1. The molecule has 2 rings (SSSR count). The lowest BCUT2D eigenvalue weighted by Crippen LogP contribution is -2.53. The summed E-state index contributed by atoms with van der Waals surface area (Å²) in [5.41, 5.74) is 0.870. The average molecular weight is 303 g/mol. The van der Waals surface area contributed by atoms with Gasteiger partial charge in [-0.15, -0.1) is 0 Å². The number of ether oxygens (including phenoxy) is 1. The number of nitrogens with one attached hydrogen (secondary N) is 1. The maximum Gasteiger partial charge on any atom is 0.408 e. The monoisotopic (exact) mass is 303 g/mol. The molecule has 0 spiro atoms. The van der Waals surface area contributed by atoms with Crippen molar-refractivity contribution in [2.75, 3.05) is 0 Å². The Bertz CT molecular complexity index is 562. The highest BCUT2D eigenvalue weighted by molar-refractivity contribution is 5.77. The van der Waals surface area contributed by atoms with Gasteiger partial charge in [-0.05, 0) is 58.1 Å². The van der Waals surface area contributed by atoms with Crippen molar-refractivity contribution in [1.82, 2.24) is 5.32 Å². The Hall–Kier alpha value is -1.84. The molecule has 1 N–H and O–H groups in total. The second-order valence-electron chi connectivity index (χ2n) is 7.17. The SMILES string of the molecule is CC(C)(C)OC(=O)NC(C)(C=O)C1CCCc2ccccc21. The van der Waals surface area contributed by atoms with Crippen LogP contribution in [0.4, 0.5) is 4.79 Å². The Morgan fingerprint density at radius 3 is 2.59 bits per heavy atom. The fourth-order valence-corrected chi connectivity index (χ4v) is 3.10. The summed E-state index contributed by atoms with van der Waals surface area (Å²) in [6.45, 7) is 7.19. The molecule has 0 aliphatic heterocycles. The van der Waals surface area contributed by atoms with Crippen molar-refractivity contribution in [3.05, 3.63) is 35.4 Å². The molecule has 4 heteroatoms. The Labute approximate surface area is 132 Å². The first-order valence-corrected chi connectivity index (χ1v) is 7.80. The summed E-state index contributed by atoms with van der Waals surface area (Å²) in [6.07, 6.45) is 3.20. The molecule has 0 heterocycles. The molecular formula is C18H25NO3. The number of carbonyl (C=O) groups is 2. The maximum absolute atomic E-state index is 12.1. The zero-order valence-corrected chi connectivity index (χ0v) is 13.8. The quantitative estimate of drug-likeness (QED) is 0.868. The standard InChI is InChI=1S/C18H25NO3/c1-17(2,3)22-16(21)19-18(4,12-20)15-11-7-9-13-8-5-6-10-14(13)15/h5-6,8,10,12,15H,7,9,11H2,1-4H3,(H,19,21). The van der Waals surface area contributed by atoms with Crippen molar-refractivity contribution in [3.63, 3.8) is 0 Å². The summed E-state index contributed by atoms with van der Waals surface area (Å²) in [4.78, 5) is 23.9. The number of carbonyl (C=O) groups excluding carboxylic acids is 2. The zero-order valence-electron chi connectivity index (χ0n) is 13.8. The predicted molar refractivity (Wildman–Crippen MR) is 86.0 cm³/mol. The van der Waals surface area contributed by atoms with Crippen molar-refractivity contribution < 1.29 is 14.3 Å². The molecule has 2 unspecified atom stereocenters. The summed E-state index contributed by atoms with van der Waals surface area (Å²) in [5.74, 6) is -0.0255. The lowest BCUT2D eigenvalue weighted by atomic mass is 9.73. The molecule has 2 atom stereocenters. The lowest BCUT2D eigenvalue weighted by Gasteiger charge is -2.38. The molecule has 0 bridgehead atoms. The second kappa shape index (κ2) is 6.11. The minimum Gasteiger partial charge on any atom is -0.444 e. The number of alkyl carbamates (subject to hydrolysis) is 1. The zero-order chi connectivity index (χ0) is 16.4. The Kier molecular flexibility index (Phi) is 4.59. The maximum atomic E-state index is 12.1. The van der Waals surface area contributed by atoms with Gasteiger partial charge in [0.1, 0.15) is 17.4 Å². The van der Waals surface area contributed by atoms with Gasteiger partial charge in [0.2, 0.25) is 0 Å². The van der Waals surface area contributed by atoms with E-state index in [0.717, 1.165) is 31.1 Å². The first kappa shape index (κ1) is 16.5. The van der Waals surface area contributed by atoms with Crippen LogP contribution in [0.1, 0.15) is 57.6 Å². The molecule has 0 fully saturated rings. The van der Waals surface area contributed by atoms with Crippen LogP contribution in [-0.4, -0.2) is 23.5 Å². The molecule has 1 aliphatic rings. The van der Waals surface area contributed by atoms with Crippen LogP contribution in [0.2, 0.25) is 0 Å². The minimum absolute atomic E-state index is 0.0255. The van der Waals surface area contributed by atoms with Gasteiger partial charge in [0.15, 0.2) is 0 Å². The topological polar surface area (TPSA) is 55.4 Å². The number of aldehydes is 1. The normalized spacial score (nSPS) is 20.5. The number of amides is 1. The number of hydrogen-bond acceptors (Lipinski definition) is 3. The summed E-state index contributed by atoms with van der Waals surface area (Å²) in [5, 5.41) is 2.78. The summed E-state index contributed by atoms with van der Waals surface area (Å²) in [6, 6.07) is 8.15. The van der Waals surface area contributed by atoms with Crippen molar-refractivity contribution in [2.24, 2.45) is 0 Å². The highest BCUT2D eigenvalue weighted by Gasteiger charge is 2.39. The van der Waals surface area contributed by atoms with Crippen molar-refractivity contribution >= 4 is 12.4 Å². The fourth-order valence-electron chi connectivity index (χ4n) is 3.10. The lowest BCUT2D eigenvalue weighted by molar-refractivity contribution is -0.113. The van der Waals surface area contributed by atoms with Crippen LogP contribution in [-0.2, 0) is 16.0 Å². The van der Waals surface area contributed by atoms with E-state index < -0.39 is 17.2 Å². The van der Waals surface area contributed by atoms with Crippen LogP contribution in [0.15, 0.2) is 24.3 Å². The van der Waals surface area contributed by atoms with Crippen LogP contribution < -0.4 is 5.32 Å². The molecule has 4 nitrogen and oxygen atoms in total. The smallest absolute Gasteiger partial charge is 0.408 e. The fraction of sp³-hybridized carbons (Fsp3) is 0.556. The molecule has 1 aliphatic carbocycles. The number of hydrogen-bond donors (Lipinski definition) is 1. The Balaban J connectivity index is 2.24. The van der Waals surface area contributed by atoms with Gasteiger partial charge in [0.05, 0.1) is 0 Å². The van der Waals surface area contributed by atoms with Crippen LogP contribution >= 0.6 is 0 Å². The third-order valence-corrected chi connectivity index (χ3v) is 4.11. The average Bonchev–Trinajstić information content (AvgIpc) is 2.44. The van der Waals surface area contributed by atoms with E-state index in [4.69, 9.17) is 4.74 Å². The molecule has 1 aromatic carbocycles. The largest absolute Gasteiger partial charge is 0.444 e. The van der Waals surface area contributed by atoms with Gasteiger partial charge in [-0.2, -0.15) is 0 Å². The van der Waals surface area contributed by atoms with E-state index in [9.17, 15) is 9.59 Å². The predicted octanol–water partition coefficient (Wildman–Crippen LogP) is 3.59. The Morgan fingerprint density at radius 1 is 1.27 bits per heavy atom. The highest BCUT2D eigenvalue weighted by Crippen LogP contribution is 2.38. The van der Waals surface area contributed by atoms with Gasteiger partial charge in [-0.1, -0.05) is 24.3 Å². The summed E-state index contributed by atoms with van der Waals surface area (Å²) in [7, 11) is 0. The van der Waals surface area contributed by atoms with Crippen LogP contribution in [0.5, 0.6) is 0 Å². The molecule has 0 saturated heterocycles. The molecule has 0 saturated carbocycles. The molecule has 1 amide bonds. The van der Waals surface area contributed by atoms with Gasteiger partial charge in [-0.3, -0.25) is 0 Å². The van der Waals surface area contributed by atoms with E-state index in [1.54, 1.807) is 27.7 Å². The third-order valence-electron chi connectivity index (χ3n) is 4.11. The Morgan fingerprint density at radius 2 is 1.95 bits per heavy atom. The molecule has 1 aromatic rings. The van der Waals surface area contributed by atoms with Crippen molar-refractivity contribution in [3.8, 4) is 0 Å². The van der Waals surface area contributed by atoms with Crippen molar-refractivity contribution in [1.29, 1.82) is 0 Å². The van der Waals surface area contributed by atoms with E-state index in [1.807, 2.05) is 12.1 Å². The van der Waals surface area contributed by atoms with Crippen LogP contribution in [0.25, 0.3) is 0 Å². The highest BCUT2D eigenvalue weighted by atomic mass is 16.6. The second-order valence-corrected chi connectivity index (χ2v) is 7.17. The van der Waals surface area contributed by atoms with Crippen LogP contribution in [0, 0.1) is 0 Å². The van der Waals surface area contributed by atoms with Gasteiger partial charge < -0.3 is 14.8 Å². The molecule has 0 radical (unpaired) electrons. The van der Waals surface area contributed by atoms with Crippen LogP contribution in [0.3, 0.4) is 0 Å².